The van der Waals surface area contributed by atoms with Crippen molar-refractivity contribution >= 4 is 23.2 Å². The van der Waals surface area contributed by atoms with E-state index in [-0.39, 0.29) is 0 Å². The van der Waals surface area contributed by atoms with Gasteiger partial charge in [-0.25, -0.2) is 39.9 Å². The van der Waals surface area contributed by atoms with E-state index in [4.69, 9.17) is 0 Å². The molecule has 0 aliphatic heterocycles. The topological polar surface area (TPSA) is 9.23 Å². The number of halogens is 30. The normalized spacial score (nSPS) is 32.1. The Kier molecular flexibility index (Phi) is 9.95. The van der Waals surface area contributed by atoms with Gasteiger partial charge in [0.2, 0.25) is 11.3 Å². The third-order valence-corrected chi connectivity index (χ3v) is 8.98. The highest BCUT2D eigenvalue weighted by Crippen LogP contribution is 2.71. The molecule has 2 fully saturated rings. The van der Waals surface area contributed by atoms with Crippen LogP contribution in [0.3, 0.4) is 0 Å². The fourth-order valence-corrected chi connectivity index (χ4v) is 5.13. The predicted octanol–water partition coefficient (Wildman–Crippen LogP) is 11.4. The molecule has 0 amide bonds. The van der Waals surface area contributed by atoms with Gasteiger partial charge in [0.15, 0.2) is 0 Å². The molecule has 2 aliphatic carbocycles. The Hall–Kier alpha value is -1.42. The van der Waals surface area contributed by atoms with Crippen molar-refractivity contribution in [1.29, 1.82) is 0 Å². The molecule has 2 rings (SSSR count). The molecule has 0 saturated heterocycles. The molecule has 0 spiro atoms. The average Bonchev–Trinajstić information content (AvgIpc) is 3.20. The van der Waals surface area contributed by atoms with Gasteiger partial charge >= 0.3 is 59.6 Å². The zero-order valence-electron chi connectivity index (χ0n) is 22.6. The zero-order chi connectivity index (χ0) is 41.5. The van der Waals surface area contributed by atoms with Crippen molar-refractivity contribution in [3.63, 3.8) is 0 Å². The van der Waals surface area contributed by atoms with E-state index in [1.54, 1.807) is 0 Å². The quantitative estimate of drug-likeness (QED) is 0.140. The fourth-order valence-electron chi connectivity index (χ4n) is 4.52. The summed E-state index contributed by atoms with van der Waals surface area (Å²) in [6.45, 7) is 0. The zero-order valence-corrected chi connectivity index (χ0v) is 24.1. The fraction of sp³-hybridized carbons (Fsp3) is 1.00. The third kappa shape index (κ3) is 5.04. The molecule has 0 N–H and O–H groups in total. The molecule has 4 unspecified atom stereocenters. The van der Waals surface area contributed by atoms with Crippen molar-refractivity contribution in [2.45, 2.75) is 119 Å². The van der Waals surface area contributed by atoms with Crippen LogP contribution in [-0.4, -0.2) is 93.0 Å². The van der Waals surface area contributed by atoms with Gasteiger partial charge in [-0.1, -0.05) is 23.2 Å². The molecule has 0 bridgehead atoms. The van der Waals surface area contributed by atoms with Gasteiger partial charge in [-0.2, -0.15) is 87.8 Å². The minimum absolute atomic E-state index is 0.882. The van der Waals surface area contributed by atoms with E-state index in [0.717, 1.165) is 4.74 Å². The molecule has 31 heteroatoms. The van der Waals surface area contributed by atoms with Gasteiger partial charge in [-0.3, -0.25) is 0 Å². The van der Waals surface area contributed by atoms with Crippen molar-refractivity contribution in [2.24, 2.45) is 0 Å². The molecule has 0 aromatic carbocycles. The maximum atomic E-state index is 14.5. The Morgan fingerprint density at radius 2 is 0.549 bits per heavy atom. The molecule has 0 radical (unpaired) electrons. The molecule has 51 heavy (non-hydrogen) atoms. The number of hydrogen-bond acceptors (Lipinski definition) is 1. The number of alkyl halides is 30. The van der Waals surface area contributed by atoms with Crippen LogP contribution in [0.5, 0.6) is 0 Å². The summed E-state index contributed by atoms with van der Waals surface area (Å²) in [7, 11) is 0. The number of rotatable bonds is 12. The van der Waals surface area contributed by atoms with Crippen LogP contribution < -0.4 is 0 Å². The Labute approximate surface area is 270 Å². The summed E-state index contributed by atoms with van der Waals surface area (Å²) < 4.78 is 392. The van der Waals surface area contributed by atoms with Gasteiger partial charge in [-0.15, -0.1) is 0 Å². The van der Waals surface area contributed by atoms with E-state index >= 15 is 0 Å². The van der Waals surface area contributed by atoms with Crippen LogP contribution in [0.1, 0.15) is 25.7 Å². The summed E-state index contributed by atoms with van der Waals surface area (Å²) in [4.78, 5) is 0. The molecular weight excluding hydrogens is 859 g/mol. The summed E-state index contributed by atoms with van der Waals surface area (Å²) in [5.74, 6) is -82.6. The van der Waals surface area contributed by atoms with Gasteiger partial charge in [0.05, 0.1) is 0 Å². The lowest BCUT2D eigenvalue weighted by Crippen LogP contribution is -2.76. The van der Waals surface area contributed by atoms with Gasteiger partial charge in [0, 0.05) is 12.8 Å². The predicted molar refractivity (Wildman–Crippen MR) is 106 cm³/mol. The van der Waals surface area contributed by atoms with Gasteiger partial charge in [0.1, 0.15) is 0 Å². The highest BCUT2D eigenvalue weighted by atomic mass is 35.5. The lowest BCUT2D eigenvalue weighted by Gasteiger charge is -2.46. The second-order valence-electron chi connectivity index (χ2n) is 10.9. The molecule has 304 valence electrons. The first-order valence-corrected chi connectivity index (χ1v) is 12.7. The summed E-state index contributed by atoms with van der Waals surface area (Å²) >= 11 is 8.15. The minimum Gasteiger partial charge on any atom is -0.245 e. The van der Waals surface area contributed by atoms with Crippen LogP contribution in [0.15, 0.2) is 0 Å². The van der Waals surface area contributed by atoms with Gasteiger partial charge in [0.25, 0.3) is 22.1 Å². The van der Waals surface area contributed by atoms with Crippen molar-refractivity contribution in [2.75, 3.05) is 0 Å². The second-order valence-corrected chi connectivity index (χ2v) is 11.9. The van der Waals surface area contributed by atoms with Crippen LogP contribution in [0.2, 0.25) is 0 Å². The SMILES string of the molecule is FC1(F)CCC(F)(C(F)(F)C(F)(F)C(F)(F)C(F)(F)C(F)(F)OC(F)(F)C(F)(F)C(F)(F)C(F)(F)C(F)(F)C2(F)CCC(F)(F)C2(F)Cl)C1(F)Cl. The monoisotopic (exact) mass is 866 g/mol. The molecule has 4 atom stereocenters. The average molecular weight is 867 g/mol. The molecule has 0 aromatic rings. The lowest BCUT2D eigenvalue weighted by molar-refractivity contribution is -0.525. The molecule has 2 saturated carbocycles. The maximum absolute atomic E-state index is 14.5. The van der Waals surface area contributed by atoms with E-state index < -0.39 is 119 Å². The van der Waals surface area contributed by atoms with E-state index in [0.29, 0.717) is 0 Å². The summed E-state index contributed by atoms with van der Waals surface area (Å²) in [5, 5.41) is -12.7. The van der Waals surface area contributed by atoms with Crippen molar-refractivity contribution in [1.82, 2.24) is 0 Å². The number of ether oxygens (including phenoxy) is 1. The Bertz CT molecular complexity index is 1260. The molecule has 1 nitrogen and oxygen atoms in total. The van der Waals surface area contributed by atoms with E-state index in [9.17, 15) is 123 Å². The second kappa shape index (κ2) is 11.1. The Morgan fingerprint density at radius 3 is 0.725 bits per heavy atom. The van der Waals surface area contributed by atoms with Crippen molar-refractivity contribution < 1.29 is 128 Å². The third-order valence-electron chi connectivity index (χ3n) is 7.83. The molecular formula is C20H8Cl2F28O. The molecule has 0 aromatic heterocycles. The van der Waals surface area contributed by atoms with Gasteiger partial charge < -0.3 is 0 Å². The largest absolute Gasteiger partial charge is 0.430 e. The maximum Gasteiger partial charge on any atom is 0.430 e. The standard InChI is InChI=1S/C20H8Cl2F28O/c21-9(29)5(23,1-3-7(9,25)26)11(31,32)13(35,36)15(39,40)17(43,44)19(47,48)51-20(49,50)18(45,46)16(41,42)14(37,38)12(33,34)6(24)2-4-8(27,28)10(6,22)30/h1-4H2. The first-order valence-electron chi connectivity index (χ1n) is 12.0. The van der Waals surface area contributed by atoms with Crippen LogP contribution in [-0.2, 0) is 4.74 Å². The Morgan fingerprint density at radius 1 is 0.333 bits per heavy atom. The van der Waals surface area contributed by atoms with Crippen LogP contribution in [0, 0.1) is 0 Å². The highest BCUT2D eigenvalue weighted by molar-refractivity contribution is 6.25. The van der Waals surface area contributed by atoms with E-state index in [1.165, 1.54) is 0 Å². The summed E-state index contributed by atoms with van der Waals surface area (Å²) in [6, 6.07) is 0. The van der Waals surface area contributed by atoms with Crippen LogP contribution in [0.4, 0.5) is 123 Å². The van der Waals surface area contributed by atoms with Crippen molar-refractivity contribution in [3.05, 3.63) is 0 Å². The van der Waals surface area contributed by atoms with Crippen LogP contribution in [0.25, 0.3) is 0 Å². The van der Waals surface area contributed by atoms with Crippen molar-refractivity contribution in [3.8, 4) is 0 Å². The highest BCUT2D eigenvalue weighted by Gasteiger charge is 2.97. The Balaban J connectivity index is 2.65. The van der Waals surface area contributed by atoms with Gasteiger partial charge in [-0.05, 0) is 12.8 Å². The lowest BCUT2D eigenvalue weighted by atomic mass is 9.84. The smallest absolute Gasteiger partial charge is 0.245 e. The number of hydrogen-bond donors (Lipinski definition) is 0. The first kappa shape index (κ1) is 45.7. The minimum atomic E-state index is -9.18. The van der Waals surface area contributed by atoms with E-state index in [2.05, 4.69) is 23.2 Å². The molecule has 0 heterocycles. The van der Waals surface area contributed by atoms with Crippen LogP contribution >= 0.6 is 23.2 Å². The summed E-state index contributed by atoms with van der Waals surface area (Å²) in [6.07, 6.45) is -29.8. The summed E-state index contributed by atoms with van der Waals surface area (Å²) in [5.41, 5.74) is -13.5. The molecule has 2 aliphatic rings. The first-order chi connectivity index (χ1) is 21.6. The van der Waals surface area contributed by atoms with E-state index in [1.807, 2.05) is 0 Å².